The normalized spacial score (nSPS) is 14.2. The fourth-order valence-corrected chi connectivity index (χ4v) is 2.03. The molecule has 1 aromatic carbocycles. The molecule has 2 N–H and O–H groups in total. The second-order valence-corrected chi connectivity index (χ2v) is 7.80. The zero-order valence-corrected chi connectivity index (χ0v) is 16.4. The van der Waals surface area contributed by atoms with E-state index in [0.717, 1.165) is 5.56 Å². The van der Waals surface area contributed by atoms with E-state index in [1.807, 2.05) is 20.8 Å². The number of hydrogen-bond donors (Lipinski definition) is 2. The number of halogens is 1. The van der Waals surface area contributed by atoms with Crippen LogP contribution in [0.5, 0.6) is 0 Å². The Morgan fingerprint density at radius 2 is 1.73 bits per heavy atom. The smallest absolute Gasteiger partial charge is 0.407 e. The topological polar surface area (TPSA) is 67.4 Å². The Labute approximate surface area is 155 Å². The van der Waals surface area contributed by atoms with Gasteiger partial charge in [0.05, 0.1) is 5.54 Å². The van der Waals surface area contributed by atoms with Crippen LogP contribution in [0.3, 0.4) is 0 Å². The molecule has 0 heterocycles. The van der Waals surface area contributed by atoms with Crippen molar-refractivity contribution in [2.24, 2.45) is 5.92 Å². The molecule has 0 spiro atoms. The lowest BCUT2D eigenvalue weighted by Crippen LogP contribution is -2.56. The molecule has 0 saturated carbocycles. The van der Waals surface area contributed by atoms with E-state index in [2.05, 4.69) is 10.6 Å². The Morgan fingerprint density at radius 3 is 2.23 bits per heavy atom. The molecule has 2 amide bonds. The van der Waals surface area contributed by atoms with Crippen molar-refractivity contribution in [3.05, 3.63) is 41.7 Å². The number of alkyl carbamates (subject to hydrolysis) is 1. The van der Waals surface area contributed by atoms with Gasteiger partial charge in [-0.1, -0.05) is 26.0 Å². The van der Waals surface area contributed by atoms with Crippen molar-refractivity contribution in [3.63, 3.8) is 0 Å². The summed E-state index contributed by atoms with van der Waals surface area (Å²) in [7, 11) is 0. The molecule has 6 heteroatoms. The van der Waals surface area contributed by atoms with E-state index in [4.69, 9.17) is 4.74 Å². The lowest BCUT2D eigenvalue weighted by atomic mass is 9.88. The Hall–Kier alpha value is -2.37. The van der Waals surface area contributed by atoms with Crippen molar-refractivity contribution in [1.29, 1.82) is 0 Å². The highest BCUT2D eigenvalue weighted by molar-refractivity contribution is 5.92. The molecule has 0 bridgehead atoms. The van der Waals surface area contributed by atoms with Crippen LogP contribution in [0.15, 0.2) is 30.3 Å². The summed E-state index contributed by atoms with van der Waals surface area (Å²) in [6.45, 7) is 11.4. The van der Waals surface area contributed by atoms with Crippen LogP contribution in [-0.4, -0.2) is 29.7 Å². The Kier molecular flexibility index (Phi) is 7.36. The van der Waals surface area contributed by atoms with E-state index in [1.165, 1.54) is 18.2 Å². The maximum absolute atomic E-state index is 12.9. The van der Waals surface area contributed by atoms with Crippen LogP contribution in [-0.2, 0) is 9.53 Å². The highest BCUT2D eigenvalue weighted by Gasteiger charge is 2.31. The monoisotopic (exact) mass is 364 g/mol. The van der Waals surface area contributed by atoms with Crippen LogP contribution >= 0.6 is 0 Å². The molecule has 0 aliphatic carbocycles. The molecule has 1 unspecified atom stereocenters. The number of ether oxygens (including phenoxy) is 1. The summed E-state index contributed by atoms with van der Waals surface area (Å²) in [5.41, 5.74) is -0.514. The number of benzene rings is 1. The number of amides is 2. The van der Waals surface area contributed by atoms with Crippen molar-refractivity contribution in [1.82, 2.24) is 10.6 Å². The van der Waals surface area contributed by atoms with Gasteiger partial charge in [-0.05, 0) is 57.4 Å². The van der Waals surface area contributed by atoms with Gasteiger partial charge in [0.1, 0.15) is 11.4 Å². The maximum Gasteiger partial charge on any atom is 0.407 e. The molecule has 1 atom stereocenters. The van der Waals surface area contributed by atoms with Crippen LogP contribution < -0.4 is 10.6 Å². The maximum atomic E-state index is 12.9. The fourth-order valence-electron chi connectivity index (χ4n) is 2.03. The third-order valence-corrected chi connectivity index (χ3v) is 3.98. The quantitative estimate of drug-likeness (QED) is 0.753. The van der Waals surface area contributed by atoms with E-state index in [-0.39, 0.29) is 24.2 Å². The summed E-state index contributed by atoms with van der Waals surface area (Å²) < 4.78 is 18.1. The average molecular weight is 364 g/mol. The van der Waals surface area contributed by atoms with Crippen LogP contribution in [0.1, 0.15) is 47.1 Å². The number of carbonyl (C=O) groups is 2. The minimum absolute atomic E-state index is 0.0700. The van der Waals surface area contributed by atoms with E-state index >= 15 is 0 Å². The molecule has 0 saturated heterocycles. The summed E-state index contributed by atoms with van der Waals surface area (Å²) in [5, 5.41) is 5.63. The predicted octanol–water partition coefficient (Wildman–Crippen LogP) is 3.89. The molecular weight excluding hydrogens is 335 g/mol. The highest BCUT2D eigenvalue weighted by atomic mass is 19.1. The summed E-state index contributed by atoms with van der Waals surface area (Å²) >= 11 is 0. The van der Waals surface area contributed by atoms with Crippen LogP contribution in [0.2, 0.25) is 0 Å². The largest absolute Gasteiger partial charge is 0.444 e. The standard InChI is InChI=1S/C20H29FN2O3/c1-14(2)20(6,13-22-18(25)26-19(3,4)5)23-17(24)12-9-15-7-10-16(21)11-8-15/h7-12,14H,13H2,1-6H3,(H,22,25)(H,23,24)/b12-9+. The van der Waals surface area contributed by atoms with Gasteiger partial charge in [0.25, 0.3) is 0 Å². The van der Waals surface area contributed by atoms with Gasteiger partial charge >= 0.3 is 6.09 Å². The summed E-state index contributed by atoms with van der Waals surface area (Å²) in [4.78, 5) is 24.1. The van der Waals surface area contributed by atoms with Crippen molar-refractivity contribution in [2.75, 3.05) is 6.54 Å². The van der Waals surface area contributed by atoms with Crippen molar-refractivity contribution < 1.29 is 18.7 Å². The molecular formula is C20H29FN2O3. The van der Waals surface area contributed by atoms with Gasteiger partial charge in [-0.2, -0.15) is 0 Å². The first-order chi connectivity index (χ1) is 11.9. The van der Waals surface area contributed by atoms with Crippen molar-refractivity contribution in [3.8, 4) is 0 Å². The van der Waals surface area contributed by atoms with E-state index in [0.29, 0.717) is 0 Å². The lowest BCUT2D eigenvalue weighted by molar-refractivity contribution is -0.118. The molecule has 0 aliphatic heterocycles. The van der Waals surface area contributed by atoms with Crippen molar-refractivity contribution >= 4 is 18.1 Å². The molecule has 5 nitrogen and oxygen atoms in total. The van der Waals surface area contributed by atoms with Gasteiger partial charge in [-0.25, -0.2) is 9.18 Å². The molecule has 1 rings (SSSR count). The van der Waals surface area contributed by atoms with E-state index < -0.39 is 17.2 Å². The second kappa shape index (κ2) is 8.83. The first-order valence-corrected chi connectivity index (χ1v) is 8.64. The van der Waals surface area contributed by atoms with Crippen LogP contribution in [0.4, 0.5) is 9.18 Å². The molecule has 1 aromatic rings. The van der Waals surface area contributed by atoms with Gasteiger partial charge in [0.2, 0.25) is 5.91 Å². The van der Waals surface area contributed by atoms with E-state index in [1.54, 1.807) is 39.0 Å². The second-order valence-electron chi connectivity index (χ2n) is 7.80. The summed E-state index contributed by atoms with van der Waals surface area (Å²) in [6, 6.07) is 5.84. The number of carbonyl (C=O) groups excluding carboxylic acids is 2. The third kappa shape index (κ3) is 7.68. The van der Waals surface area contributed by atoms with Crippen LogP contribution in [0.25, 0.3) is 6.08 Å². The molecule has 0 aromatic heterocycles. The van der Waals surface area contributed by atoms with Gasteiger partial charge < -0.3 is 15.4 Å². The summed E-state index contributed by atoms with van der Waals surface area (Å²) in [5.74, 6) is -0.552. The molecule has 0 fully saturated rings. The van der Waals surface area contributed by atoms with Gasteiger partial charge in [0, 0.05) is 12.6 Å². The number of hydrogen-bond acceptors (Lipinski definition) is 3. The first kappa shape index (κ1) is 21.7. The van der Waals surface area contributed by atoms with Gasteiger partial charge in [-0.15, -0.1) is 0 Å². The van der Waals surface area contributed by atoms with Gasteiger partial charge in [-0.3, -0.25) is 4.79 Å². The number of rotatable bonds is 6. The minimum Gasteiger partial charge on any atom is -0.444 e. The Bertz CT molecular complexity index is 648. The lowest BCUT2D eigenvalue weighted by Gasteiger charge is -2.35. The van der Waals surface area contributed by atoms with Crippen molar-refractivity contribution in [2.45, 2.75) is 52.7 Å². The zero-order chi connectivity index (χ0) is 20.0. The Balaban J connectivity index is 2.68. The molecule has 144 valence electrons. The minimum atomic E-state index is -0.652. The van der Waals surface area contributed by atoms with E-state index in [9.17, 15) is 14.0 Å². The molecule has 26 heavy (non-hydrogen) atoms. The SMILES string of the molecule is CC(C)C(C)(CNC(=O)OC(C)(C)C)NC(=O)/C=C/c1ccc(F)cc1. The fraction of sp³-hybridized carbons (Fsp3) is 0.500. The van der Waals surface area contributed by atoms with Gasteiger partial charge in [0.15, 0.2) is 0 Å². The third-order valence-electron chi connectivity index (χ3n) is 3.98. The summed E-state index contributed by atoms with van der Waals surface area (Å²) in [6.07, 6.45) is 2.47. The number of nitrogens with one attached hydrogen (secondary N) is 2. The molecule has 0 radical (unpaired) electrons. The average Bonchev–Trinajstić information content (AvgIpc) is 2.50. The zero-order valence-electron chi connectivity index (χ0n) is 16.4. The Morgan fingerprint density at radius 1 is 1.15 bits per heavy atom. The molecule has 0 aliphatic rings. The van der Waals surface area contributed by atoms with Crippen LogP contribution in [0, 0.1) is 11.7 Å². The highest BCUT2D eigenvalue weighted by Crippen LogP contribution is 2.16. The predicted molar refractivity (Wildman–Crippen MR) is 101 cm³/mol. The first-order valence-electron chi connectivity index (χ1n) is 8.64.